The number of urea groups is 1. The highest BCUT2D eigenvalue weighted by atomic mass is 16.5. The van der Waals surface area contributed by atoms with Gasteiger partial charge in [0.05, 0.1) is 0 Å². The Labute approximate surface area is 101 Å². The Hall–Kier alpha value is -1.30. The van der Waals surface area contributed by atoms with Gasteiger partial charge < -0.3 is 19.6 Å². The molecule has 2 amide bonds. The lowest BCUT2D eigenvalue weighted by atomic mass is 10.1. The van der Waals surface area contributed by atoms with Crippen molar-refractivity contribution in [3.05, 3.63) is 0 Å². The number of carbonyl (C=O) groups is 2. The molecule has 0 spiro atoms. The normalized spacial score (nSPS) is 18.5. The summed E-state index contributed by atoms with van der Waals surface area (Å²) >= 11 is 0. The lowest BCUT2D eigenvalue weighted by Crippen LogP contribution is -2.50. The van der Waals surface area contributed by atoms with Crippen LogP contribution in [0.25, 0.3) is 0 Å². The molecule has 0 radical (unpaired) electrons. The molecule has 17 heavy (non-hydrogen) atoms. The van der Waals surface area contributed by atoms with E-state index >= 15 is 0 Å². The Bertz CT molecular complexity index is 289. The fourth-order valence-corrected chi connectivity index (χ4v) is 1.81. The first-order valence-electron chi connectivity index (χ1n) is 5.75. The zero-order valence-corrected chi connectivity index (χ0v) is 10.5. The van der Waals surface area contributed by atoms with Crippen LogP contribution in [-0.2, 0) is 9.53 Å². The predicted octanol–water partition coefficient (Wildman–Crippen LogP) is 0.622. The molecule has 1 heterocycles. The predicted molar refractivity (Wildman–Crippen MR) is 61.9 cm³/mol. The van der Waals surface area contributed by atoms with Crippen LogP contribution < -0.4 is 0 Å². The molecule has 98 valence electrons. The van der Waals surface area contributed by atoms with E-state index in [0.717, 1.165) is 12.8 Å². The molecule has 0 saturated carbocycles. The van der Waals surface area contributed by atoms with Gasteiger partial charge in [0.25, 0.3) is 0 Å². The van der Waals surface area contributed by atoms with Crippen LogP contribution in [0, 0.1) is 0 Å². The smallest absolute Gasteiger partial charge is 0.326 e. The second-order valence-electron chi connectivity index (χ2n) is 4.36. The molecule has 1 unspecified atom stereocenters. The van der Waals surface area contributed by atoms with E-state index in [1.54, 1.807) is 11.9 Å². The standard InChI is InChI=1S/C11H20N2O4/c1-8(10(14)15)12(2)11(16)13(3)9-4-6-17-7-5-9/h8-9H,4-7H2,1-3H3,(H,14,15). The number of aliphatic carboxylic acids is 1. The van der Waals surface area contributed by atoms with Crippen molar-refractivity contribution in [1.29, 1.82) is 0 Å². The summed E-state index contributed by atoms with van der Waals surface area (Å²) in [5.74, 6) is -0.999. The number of carboxylic acids is 1. The van der Waals surface area contributed by atoms with E-state index in [0.29, 0.717) is 13.2 Å². The van der Waals surface area contributed by atoms with Gasteiger partial charge in [-0.05, 0) is 19.8 Å². The van der Waals surface area contributed by atoms with Crippen molar-refractivity contribution in [2.45, 2.75) is 31.8 Å². The van der Waals surface area contributed by atoms with Crippen molar-refractivity contribution in [3.8, 4) is 0 Å². The number of nitrogens with zero attached hydrogens (tertiary/aromatic N) is 2. The molecule has 1 aliphatic heterocycles. The van der Waals surface area contributed by atoms with Crippen LogP contribution in [0.5, 0.6) is 0 Å². The largest absolute Gasteiger partial charge is 0.480 e. The van der Waals surface area contributed by atoms with E-state index in [1.807, 2.05) is 0 Å². The fourth-order valence-electron chi connectivity index (χ4n) is 1.81. The van der Waals surface area contributed by atoms with Gasteiger partial charge in [-0.1, -0.05) is 0 Å². The highest BCUT2D eigenvalue weighted by molar-refractivity contribution is 5.82. The zero-order chi connectivity index (χ0) is 13.0. The summed E-state index contributed by atoms with van der Waals surface area (Å²) in [7, 11) is 3.22. The summed E-state index contributed by atoms with van der Waals surface area (Å²) < 4.78 is 5.23. The van der Waals surface area contributed by atoms with Gasteiger partial charge in [-0.15, -0.1) is 0 Å². The number of carbonyl (C=O) groups excluding carboxylic acids is 1. The highest BCUT2D eigenvalue weighted by Crippen LogP contribution is 2.14. The van der Waals surface area contributed by atoms with Gasteiger partial charge in [-0.2, -0.15) is 0 Å². The van der Waals surface area contributed by atoms with Gasteiger partial charge in [0.1, 0.15) is 6.04 Å². The van der Waals surface area contributed by atoms with E-state index in [2.05, 4.69) is 0 Å². The third kappa shape index (κ3) is 3.33. The lowest BCUT2D eigenvalue weighted by molar-refractivity contribution is -0.141. The van der Waals surface area contributed by atoms with Crippen molar-refractivity contribution in [2.75, 3.05) is 27.3 Å². The van der Waals surface area contributed by atoms with Crippen LogP contribution in [0.4, 0.5) is 4.79 Å². The number of likely N-dealkylation sites (N-methyl/N-ethyl adjacent to an activating group) is 1. The first-order valence-corrected chi connectivity index (χ1v) is 5.75. The fraction of sp³-hybridized carbons (Fsp3) is 0.818. The maximum atomic E-state index is 12.0. The Balaban J connectivity index is 2.58. The van der Waals surface area contributed by atoms with Crippen molar-refractivity contribution < 1.29 is 19.4 Å². The Morgan fingerprint density at radius 2 is 1.82 bits per heavy atom. The van der Waals surface area contributed by atoms with Crippen LogP contribution in [0.1, 0.15) is 19.8 Å². The quantitative estimate of drug-likeness (QED) is 0.790. The average Bonchev–Trinajstić information content (AvgIpc) is 2.36. The summed E-state index contributed by atoms with van der Waals surface area (Å²) in [5.41, 5.74) is 0. The first kappa shape index (κ1) is 13.8. The Kier molecular flexibility index (Phi) is 4.74. The van der Waals surface area contributed by atoms with E-state index < -0.39 is 12.0 Å². The molecule has 1 saturated heterocycles. The summed E-state index contributed by atoms with van der Waals surface area (Å²) in [6, 6.07) is -0.934. The summed E-state index contributed by atoms with van der Waals surface area (Å²) in [4.78, 5) is 25.7. The minimum atomic E-state index is -0.999. The summed E-state index contributed by atoms with van der Waals surface area (Å²) in [6.07, 6.45) is 1.61. The molecule has 1 atom stereocenters. The molecule has 0 aliphatic carbocycles. The molecule has 1 N–H and O–H groups in total. The molecule has 0 aromatic carbocycles. The molecule has 0 bridgehead atoms. The van der Waals surface area contributed by atoms with Gasteiger partial charge >= 0.3 is 12.0 Å². The van der Waals surface area contributed by atoms with Crippen molar-refractivity contribution in [1.82, 2.24) is 9.80 Å². The van der Waals surface area contributed by atoms with Gasteiger partial charge in [0.15, 0.2) is 0 Å². The maximum Gasteiger partial charge on any atom is 0.326 e. The van der Waals surface area contributed by atoms with Crippen LogP contribution in [0.3, 0.4) is 0 Å². The Morgan fingerprint density at radius 1 is 1.29 bits per heavy atom. The van der Waals surface area contributed by atoms with Crippen molar-refractivity contribution in [3.63, 3.8) is 0 Å². The topological polar surface area (TPSA) is 70.1 Å². The van der Waals surface area contributed by atoms with Crippen LogP contribution >= 0.6 is 0 Å². The van der Waals surface area contributed by atoms with Crippen LogP contribution in [0.15, 0.2) is 0 Å². The molecule has 1 fully saturated rings. The van der Waals surface area contributed by atoms with Crippen molar-refractivity contribution >= 4 is 12.0 Å². The molecular weight excluding hydrogens is 224 g/mol. The van der Waals surface area contributed by atoms with E-state index in [4.69, 9.17) is 9.84 Å². The number of rotatable bonds is 3. The molecule has 0 aromatic rings. The zero-order valence-electron chi connectivity index (χ0n) is 10.5. The number of ether oxygens (including phenoxy) is 1. The van der Waals surface area contributed by atoms with Crippen LogP contribution in [-0.4, -0.2) is 66.3 Å². The number of carboxylic acid groups (broad SMARTS) is 1. The van der Waals surface area contributed by atoms with Crippen LogP contribution in [0.2, 0.25) is 0 Å². The van der Waals surface area contributed by atoms with E-state index in [9.17, 15) is 9.59 Å². The number of hydrogen-bond donors (Lipinski definition) is 1. The second kappa shape index (κ2) is 5.86. The molecule has 6 heteroatoms. The monoisotopic (exact) mass is 244 g/mol. The molecule has 1 rings (SSSR count). The number of hydrogen-bond acceptors (Lipinski definition) is 3. The molecule has 6 nitrogen and oxygen atoms in total. The molecule has 1 aliphatic rings. The molecule has 0 aromatic heterocycles. The summed E-state index contributed by atoms with van der Waals surface area (Å²) in [6.45, 7) is 2.80. The van der Waals surface area contributed by atoms with Gasteiger partial charge in [-0.25, -0.2) is 9.59 Å². The maximum absolute atomic E-state index is 12.0. The van der Waals surface area contributed by atoms with Gasteiger partial charge in [-0.3, -0.25) is 0 Å². The summed E-state index contributed by atoms with van der Waals surface area (Å²) in [5, 5.41) is 8.86. The minimum Gasteiger partial charge on any atom is -0.480 e. The van der Waals surface area contributed by atoms with E-state index in [1.165, 1.54) is 18.9 Å². The lowest BCUT2D eigenvalue weighted by Gasteiger charge is -2.35. The van der Waals surface area contributed by atoms with Crippen molar-refractivity contribution in [2.24, 2.45) is 0 Å². The third-order valence-electron chi connectivity index (χ3n) is 3.28. The first-order chi connectivity index (χ1) is 7.95. The minimum absolute atomic E-state index is 0.139. The SMILES string of the molecule is CC(C(=O)O)N(C)C(=O)N(C)C1CCOCC1. The average molecular weight is 244 g/mol. The molecular formula is C11H20N2O4. The van der Waals surface area contributed by atoms with Gasteiger partial charge in [0.2, 0.25) is 0 Å². The third-order valence-corrected chi connectivity index (χ3v) is 3.28. The Morgan fingerprint density at radius 3 is 2.29 bits per heavy atom. The highest BCUT2D eigenvalue weighted by Gasteiger charge is 2.28. The second-order valence-corrected chi connectivity index (χ2v) is 4.36. The van der Waals surface area contributed by atoms with E-state index in [-0.39, 0.29) is 12.1 Å². The van der Waals surface area contributed by atoms with Gasteiger partial charge in [0, 0.05) is 33.4 Å². The number of amides is 2.